The lowest BCUT2D eigenvalue weighted by molar-refractivity contribution is -0.131. The molecular formula is C31H31F2N3O5S. The van der Waals surface area contributed by atoms with Gasteiger partial charge in [-0.15, -0.1) is 0 Å². The number of fused-ring (bicyclic) bond motifs is 1. The quantitative estimate of drug-likeness (QED) is 0.321. The van der Waals surface area contributed by atoms with Gasteiger partial charge >= 0.3 is 0 Å². The van der Waals surface area contributed by atoms with E-state index in [1.54, 1.807) is 29.2 Å². The first-order chi connectivity index (χ1) is 20.0. The number of carbonyl (C=O) groups excluding carboxylic acids is 2. The summed E-state index contributed by atoms with van der Waals surface area (Å²) in [6, 6.07) is 14.7. The Labute approximate surface area is 243 Å². The third kappa shape index (κ3) is 5.87. The number of benzene rings is 3. The van der Waals surface area contributed by atoms with Gasteiger partial charge in [0, 0.05) is 50.1 Å². The number of nitrogens with zero attached hydrogens (tertiary/aromatic N) is 2. The standard InChI is InChI=1S/C31H31F2N3O5S/c1-34-31(38)29-25-16-24(21-5-4-14-36(18-21)28(37)15-19-6-10-22(32)11-7-19)26(35(2)42(3,39)40)17-27(25)41-30(29)20-8-12-23(33)13-9-20/h6-13,16-17,21H,4-5,14-15,18H2,1-3H3,(H,34,38)/t21-/m1/s1. The number of anilines is 1. The van der Waals surface area contributed by atoms with Crippen molar-refractivity contribution in [3.8, 4) is 11.3 Å². The minimum Gasteiger partial charge on any atom is -0.455 e. The summed E-state index contributed by atoms with van der Waals surface area (Å²) in [5.41, 5.74) is 2.76. The SMILES string of the molecule is CNC(=O)c1c(-c2ccc(F)cc2)oc2cc(N(C)S(C)(=O)=O)c([C@@H]3CCCN(C(=O)Cc4ccc(F)cc4)C3)cc12. The van der Waals surface area contributed by atoms with E-state index in [4.69, 9.17) is 4.42 Å². The molecule has 5 rings (SSSR count). The highest BCUT2D eigenvalue weighted by Gasteiger charge is 2.31. The first-order valence-corrected chi connectivity index (χ1v) is 15.4. The summed E-state index contributed by atoms with van der Waals surface area (Å²) < 4.78 is 59.7. The number of amides is 2. The van der Waals surface area contributed by atoms with Crippen molar-refractivity contribution in [3.05, 3.63) is 89.0 Å². The zero-order valence-electron chi connectivity index (χ0n) is 23.5. The predicted octanol–water partition coefficient (Wildman–Crippen LogP) is 5.08. The van der Waals surface area contributed by atoms with Gasteiger partial charge in [0.25, 0.3) is 5.91 Å². The molecule has 42 heavy (non-hydrogen) atoms. The van der Waals surface area contributed by atoms with Crippen LogP contribution in [0.5, 0.6) is 0 Å². The van der Waals surface area contributed by atoms with Crippen molar-refractivity contribution in [2.75, 3.05) is 37.7 Å². The molecule has 0 saturated carbocycles. The van der Waals surface area contributed by atoms with Gasteiger partial charge < -0.3 is 14.6 Å². The number of halogens is 2. The van der Waals surface area contributed by atoms with E-state index in [-0.39, 0.29) is 35.4 Å². The molecule has 1 aliphatic heterocycles. The first kappa shape index (κ1) is 29.2. The molecule has 0 bridgehead atoms. The Kier molecular flexibility index (Phi) is 8.05. The van der Waals surface area contributed by atoms with Crippen molar-refractivity contribution in [1.82, 2.24) is 10.2 Å². The molecule has 1 N–H and O–H groups in total. The molecule has 2 amide bonds. The largest absolute Gasteiger partial charge is 0.455 e. The minimum atomic E-state index is -3.68. The van der Waals surface area contributed by atoms with Crippen LogP contribution in [-0.2, 0) is 21.2 Å². The lowest BCUT2D eigenvalue weighted by atomic mass is 9.87. The minimum absolute atomic E-state index is 0.113. The van der Waals surface area contributed by atoms with E-state index in [2.05, 4.69) is 5.32 Å². The number of hydrogen-bond acceptors (Lipinski definition) is 5. The van der Waals surface area contributed by atoms with Gasteiger partial charge in [-0.1, -0.05) is 12.1 Å². The Morgan fingerprint density at radius 1 is 1.05 bits per heavy atom. The summed E-state index contributed by atoms with van der Waals surface area (Å²) in [4.78, 5) is 28.1. The van der Waals surface area contributed by atoms with Crippen LogP contribution in [0.2, 0.25) is 0 Å². The Morgan fingerprint density at radius 3 is 2.31 bits per heavy atom. The smallest absolute Gasteiger partial charge is 0.255 e. The normalized spacial score (nSPS) is 15.5. The lowest BCUT2D eigenvalue weighted by Gasteiger charge is -2.35. The highest BCUT2D eigenvalue weighted by molar-refractivity contribution is 7.92. The molecule has 1 atom stereocenters. The number of carbonyl (C=O) groups is 2. The molecule has 2 heterocycles. The fraction of sp³-hybridized carbons (Fsp3) is 0.290. The van der Waals surface area contributed by atoms with Crippen LogP contribution < -0.4 is 9.62 Å². The molecule has 0 radical (unpaired) electrons. The molecule has 11 heteroatoms. The van der Waals surface area contributed by atoms with E-state index in [0.717, 1.165) is 6.26 Å². The summed E-state index contributed by atoms with van der Waals surface area (Å²) in [7, 11) is -0.739. The molecule has 1 aliphatic rings. The molecular weight excluding hydrogens is 564 g/mol. The Hall–Kier alpha value is -4.25. The van der Waals surface area contributed by atoms with Gasteiger partial charge in [0.2, 0.25) is 15.9 Å². The van der Waals surface area contributed by atoms with E-state index in [9.17, 15) is 26.8 Å². The third-order valence-corrected chi connectivity index (χ3v) is 8.91. The summed E-state index contributed by atoms with van der Waals surface area (Å²) in [5, 5.41) is 3.11. The van der Waals surface area contributed by atoms with E-state index in [1.807, 2.05) is 0 Å². The number of sulfonamides is 1. The molecule has 8 nitrogen and oxygen atoms in total. The molecule has 1 saturated heterocycles. The molecule has 1 aromatic heterocycles. The van der Waals surface area contributed by atoms with Gasteiger partial charge in [-0.25, -0.2) is 17.2 Å². The predicted molar refractivity (Wildman–Crippen MR) is 157 cm³/mol. The second-order valence-electron chi connectivity index (χ2n) is 10.5. The number of rotatable bonds is 7. The van der Waals surface area contributed by atoms with Crippen molar-refractivity contribution in [3.63, 3.8) is 0 Å². The topological polar surface area (TPSA) is 99.9 Å². The number of likely N-dealkylation sites (tertiary alicyclic amines) is 1. The zero-order valence-corrected chi connectivity index (χ0v) is 24.3. The Balaban J connectivity index is 1.60. The lowest BCUT2D eigenvalue weighted by Crippen LogP contribution is -2.40. The van der Waals surface area contributed by atoms with Crippen LogP contribution in [0.4, 0.5) is 14.5 Å². The van der Waals surface area contributed by atoms with Crippen LogP contribution in [0, 0.1) is 11.6 Å². The average Bonchev–Trinajstić information content (AvgIpc) is 3.35. The molecule has 0 aliphatic carbocycles. The summed E-state index contributed by atoms with van der Waals surface area (Å²) in [5.74, 6) is -1.34. The van der Waals surface area contributed by atoms with Crippen LogP contribution in [-0.4, -0.2) is 58.6 Å². The Morgan fingerprint density at radius 2 is 1.69 bits per heavy atom. The average molecular weight is 596 g/mol. The fourth-order valence-corrected chi connectivity index (χ4v) is 5.94. The van der Waals surface area contributed by atoms with Crippen LogP contribution in [0.15, 0.2) is 65.1 Å². The van der Waals surface area contributed by atoms with Gasteiger partial charge in [0.15, 0.2) is 0 Å². The summed E-state index contributed by atoms with van der Waals surface area (Å²) in [6.45, 7) is 0.883. The van der Waals surface area contributed by atoms with E-state index in [1.165, 1.54) is 54.8 Å². The van der Waals surface area contributed by atoms with Crippen molar-refractivity contribution >= 4 is 38.5 Å². The molecule has 1 fully saturated rings. The maximum Gasteiger partial charge on any atom is 0.255 e. The van der Waals surface area contributed by atoms with Gasteiger partial charge in [0.05, 0.1) is 23.9 Å². The van der Waals surface area contributed by atoms with Crippen molar-refractivity contribution in [2.45, 2.75) is 25.2 Å². The molecule has 0 spiro atoms. The highest BCUT2D eigenvalue weighted by atomic mass is 32.2. The van der Waals surface area contributed by atoms with E-state index >= 15 is 0 Å². The summed E-state index contributed by atoms with van der Waals surface area (Å²) >= 11 is 0. The second-order valence-corrected chi connectivity index (χ2v) is 12.5. The van der Waals surface area contributed by atoms with Gasteiger partial charge in [-0.05, 0) is 66.4 Å². The van der Waals surface area contributed by atoms with Gasteiger partial charge in [-0.3, -0.25) is 13.9 Å². The second kappa shape index (κ2) is 11.6. The number of nitrogens with one attached hydrogen (secondary N) is 1. The Bertz CT molecular complexity index is 1750. The van der Waals surface area contributed by atoms with Crippen LogP contribution in [0.25, 0.3) is 22.3 Å². The number of furan rings is 1. The maximum atomic E-state index is 13.7. The highest BCUT2D eigenvalue weighted by Crippen LogP contribution is 2.42. The molecule has 0 unspecified atom stereocenters. The van der Waals surface area contributed by atoms with Crippen LogP contribution >= 0.6 is 0 Å². The zero-order chi connectivity index (χ0) is 30.2. The van der Waals surface area contributed by atoms with Gasteiger partial charge in [0.1, 0.15) is 23.0 Å². The fourth-order valence-electron chi connectivity index (χ4n) is 5.43. The number of piperidine rings is 1. The monoisotopic (exact) mass is 595 g/mol. The molecule has 220 valence electrons. The number of hydrogen-bond donors (Lipinski definition) is 1. The van der Waals surface area contributed by atoms with Crippen molar-refractivity contribution in [1.29, 1.82) is 0 Å². The first-order valence-electron chi connectivity index (χ1n) is 13.5. The third-order valence-electron chi connectivity index (χ3n) is 7.72. The van der Waals surface area contributed by atoms with Crippen LogP contribution in [0.1, 0.15) is 40.2 Å². The summed E-state index contributed by atoms with van der Waals surface area (Å²) in [6.07, 6.45) is 2.59. The molecule has 4 aromatic rings. The van der Waals surface area contributed by atoms with E-state index < -0.39 is 21.7 Å². The molecule has 3 aromatic carbocycles. The van der Waals surface area contributed by atoms with Gasteiger partial charge in [-0.2, -0.15) is 0 Å². The van der Waals surface area contributed by atoms with Crippen LogP contribution in [0.3, 0.4) is 0 Å². The van der Waals surface area contributed by atoms with Crippen molar-refractivity contribution < 1.29 is 31.2 Å². The van der Waals surface area contributed by atoms with E-state index in [0.29, 0.717) is 59.3 Å². The van der Waals surface area contributed by atoms with Crippen molar-refractivity contribution in [2.24, 2.45) is 0 Å². The maximum absolute atomic E-state index is 13.7.